The third kappa shape index (κ3) is 3.97. The van der Waals surface area contributed by atoms with E-state index in [9.17, 15) is 4.79 Å². The highest BCUT2D eigenvalue weighted by Gasteiger charge is 2.38. The van der Waals surface area contributed by atoms with Crippen molar-refractivity contribution in [3.8, 4) is 0 Å². The fourth-order valence-corrected chi connectivity index (χ4v) is 3.02. The van der Waals surface area contributed by atoms with E-state index in [0.29, 0.717) is 5.88 Å². The van der Waals surface area contributed by atoms with Gasteiger partial charge in [0.15, 0.2) is 0 Å². The highest BCUT2D eigenvalue weighted by molar-refractivity contribution is 9.09. The monoisotopic (exact) mass is 386 g/mol. The standard InChI is InChI=1S/C12H17Br2ClO2/c1-7(16)17-10-4-11(14)12(2,3)5-8(10)9(13)6-15/h5,9-11H,4,6H2,1-3H3/t9-,10-,11+/m1/s1. The molecular weight excluding hydrogens is 371 g/mol. The van der Waals surface area contributed by atoms with Gasteiger partial charge in [-0.1, -0.05) is 51.8 Å². The Balaban J connectivity index is 3.00. The molecule has 0 unspecified atom stereocenters. The highest BCUT2D eigenvalue weighted by Crippen LogP contribution is 2.41. The zero-order chi connectivity index (χ0) is 13.2. The summed E-state index contributed by atoms with van der Waals surface area (Å²) in [6.07, 6.45) is 2.75. The SMILES string of the molecule is CC(=O)O[C@@H]1C[C@H](Br)C(C)(C)C=C1[C@H](Br)CCl. The predicted molar refractivity (Wildman–Crippen MR) is 78.2 cm³/mol. The summed E-state index contributed by atoms with van der Waals surface area (Å²) in [7, 11) is 0. The first-order valence-corrected chi connectivity index (χ1v) is 7.88. The Labute approximate surface area is 124 Å². The number of alkyl halides is 3. The molecule has 1 aliphatic rings. The molecule has 5 heteroatoms. The van der Waals surface area contributed by atoms with Crippen molar-refractivity contribution in [2.75, 3.05) is 5.88 Å². The summed E-state index contributed by atoms with van der Waals surface area (Å²) in [5, 5.41) is 0. The van der Waals surface area contributed by atoms with Gasteiger partial charge >= 0.3 is 5.97 Å². The van der Waals surface area contributed by atoms with E-state index in [2.05, 4.69) is 51.8 Å². The van der Waals surface area contributed by atoms with Crippen molar-refractivity contribution in [1.82, 2.24) is 0 Å². The molecule has 0 aromatic heterocycles. The largest absolute Gasteiger partial charge is 0.458 e. The van der Waals surface area contributed by atoms with E-state index in [4.69, 9.17) is 16.3 Å². The van der Waals surface area contributed by atoms with Crippen molar-refractivity contribution >= 4 is 49.4 Å². The molecule has 0 N–H and O–H groups in total. The fraction of sp³-hybridized carbons (Fsp3) is 0.750. The molecule has 3 atom stereocenters. The number of carbonyl (C=O) groups excluding carboxylic acids is 1. The maximum Gasteiger partial charge on any atom is 0.303 e. The van der Waals surface area contributed by atoms with Gasteiger partial charge in [0.25, 0.3) is 0 Å². The number of ether oxygens (including phenoxy) is 1. The summed E-state index contributed by atoms with van der Waals surface area (Å²) in [6, 6.07) is 0. The van der Waals surface area contributed by atoms with Gasteiger partial charge in [-0.2, -0.15) is 0 Å². The first-order valence-electron chi connectivity index (χ1n) is 5.52. The second-order valence-corrected chi connectivity index (χ2v) is 7.41. The van der Waals surface area contributed by atoms with Crippen molar-refractivity contribution in [2.24, 2.45) is 5.41 Å². The zero-order valence-electron chi connectivity index (χ0n) is 10.2. The van der Waals surface area contributed by atoms with Crippen LogP contribution in [0.1, 0.15) is 27.2 Å². The van der Waals surface area contributed by atoms with E-state index in [1.54, 1.807) is 0 Å². The van der Waals surface area contributed by atoms with Crippen LogP contribution < -0.4 is 0 Å². The van der Waals surface area contributed by atoms with E-state index in [0.717, 1.165) is 12.0 Å². The van der Waals surface area contributed by atoms with Crippen LogP contribution in [0.4, 0.5) is 0 Å². The molecule has 0 aliphatic heterocycles. The number of hydrogen-bond donors (Lipinski definition) is 0. The molecule has 0 fully saturated rings. The van der Waals surface area contributed by atoms with E-state index < -0.39 is 0 Å². The maximum absolute atomic E-state index is 11.1. The summed E-state index contributed by atoms with van der Waals surface area (Å²) < 4.78 is 5.36. The molecule has 0 aromatic rings. The van der Waals surface area contributed by atoms with Gasteiger partial charge in [-0.05, 0) is 11.0 Å². The molecule has 0 bridgehead atoms. The minimum Gasteiger partial charge on any atom is -0.458 e. The summed E-state index contributed by atoms with van der Waals surface area (Å²) in [5.74, 6) is 0.210. The minimum atomic E-state index is -0.255. The van der Waals surface area contributed by atoms with Crippen LogP contribution in [0.15, 0.2) is 11.6 Å². The molecule has 0 aromatic carbocycles. The number of halogens is 3. The third-order valence-corrected chi connectivity index (χ3v) is 6.03. The Morgan fingerprint density at radius 2 is 2.29 bits per heavy atom. The number of esters is 1. The molecule has 1 aliphatic carbocycles. The van der Waals surface area contributed by atoms with Crippen LogP contribution in [-0.4, -0.2) is 27.6 Å². The summed E-state index contributed by atoms with van der Waals surface area (Å²) in [5.41, 5.74) is 1.10. The van der Waals surface area contributed by atoms with Crippen LogP contribution in [0.5, 0.6) is 0 Å². The van der Waals surface area contributed by atoms with Crippen LogP contribution in [0.25, 0.3) is 0 Å². The van der Waals surface area contributed by atoms with Crippen molar-refractivity contribution in [2.45, 2.75) is 43.0 Å². The Kier molecular flexibility index (Phi) is 5.54. The Morgan fingerprint density at radius 3 is 2.76 bits per heavy atom. The van der Waals surface area contributed by atoms with Crippen molar-refractivity contribution < 1.29 is 9.53 Å². The predicted octanol–water partition coefficient (Wildman–Crippen LogP) is 4.04. The minimum absolute atomic E-state index is 0.0318. The number of rotatable bonds is 3. The van der Waals surface area contributed by atoms with E-state index in [1.807, 2.05) is 0 Å². The van der Waals surface area contributed by atoms with Gasteiger partial charge < -0.3 is 4.74 Å². The van der Waals surface area contributed by atoms with Crippen molar-refractivity contribution in [3.63, 3.8) is 0 Å². The lowest BCUT2D eigenvalue weighted by atomic mass is 9.77. The number of carbonyl (C=O) groups is 1. The quantitative estimate of drug-likeness (QED) is 0.414. The number of hydrogen-bond acceptors (Lipinski definition) is 2. The van der Waals surface area contributed by atoms with Gasteiger partial charge in [0, 0.05) is 24.1 Å². The zero-order valence-corrected chi connectivity index (χ0v) is 14.1. The van der Waals surface area contributed by atoms with E-state index >= 15 is 0 Å². The van der Waals surface area contributed by atoms with Gasteiger partial charge in [0.2, 0.25) is 0 Å². The van der Waals surface area contributed by atoms with E-state index in [-0.39, 0.29) is 27.1 Å². The topological polar surface area (TPSA) is 26.3 Å². The fourth-order valence-electron chi connectivity index (χ4n) is 1.94. The molecule has 0 amide bonds. The number of allylic oxidation sites excluding steroid dienone is 1. The average Bonchev–Trinajstić information content (AvgIpc) is 2.21. The van der Waals surface area contributed by atoms with Gasteiger partial charge in [0.05, 0.1) is 4.83 Å². The molecule has 0 saturated heterocycles. The van der Waals surface area contributed by atoms with Crippen LogP contribution in [0, 0.1) is 5.41 Å². The summed E-state index contributed by atoms with van der Waals surface area (Å²) in [4.78, 5) is 11.5. The average molecular weight is 389 g/mol. The molecule has 0 spiro atoms. The van der Waals surface area contributed by atoms with Gasteiger partial charge in [-0.25, -0.2) is 0 Å². The second kappa shape index (κ2) is 6.07. The lowest BCUT2D eigenvalue weighted by Gasteiger charge is -2.38. The Bertz CT molecular complexity index is 328. The molecule has 1 rings (SSSR count). The first kappa shape index (κ1) is 15.5. The molecule has 17 heavy (non-hydrogen) atoms. The third-order valence-electron chi connectivity index (χ3n) is 2.94. The molecule has 0 heterocycles. The van der Waals surface area contributed by atoms with E-state index in [1.165, 1.54) is 6.92 Å². The Morgan fingerprint density at radius 1 is 1.71 bits per heavy atom. The van der Waals surface area contributed by atoms with Gasteiger partial charge in [0.1, 0.15) is 6.10 Å². The molecule has 2 nitrogen and oxygen atoms in total. The lowest BCUT2D eigenvalue weighted by Crippen LogP contribution is -2.38. The van der Waals surface area contributed by atoms with Crippen LogP contribution in [0.3, 0.4) is 0 Å². The Hall–Kier alpha value is 0.460. The van der Waals surface area contributed by atoms with Crippen molar-refractivity contribution in [3.05, 3.63) is 11.6 Å². The van der Waals surface area contributed by atoms with Crippen LogP contribution in [-0.2, 0) is 9.53 Å². The van der Waals surface area contributed by atoms with Crippen molar-refractivity contribution in [1.29, 1.82) is 0 Å². The van der Waals surface area contributed by atoms with Gasteiger partial charge in [-0.15, -0.1) is 11.6 Å². The molecule has 0 radical (unpaired) electrons. The van der Waals surface area contributed by atoms with Crippen LogP contribution >= 0.6 is 43.5 Å². The lowest BCUT2D eigenvalue weighted by molar-refractivity contribution is -0.145. The second-order valence-electron chi connectivity index (χ2n) is 4.89. The maximum atomic E-state index is 11.1. The normalized spacial score (nSPS) is 29.4. The summed E-state index contributed by atoms with van der Waals surface area (Å²) >= 11 is 13.1. The smallest absolute Gasteiger partial charge is 0.303 e. The molecule has 0 saturated carbocycles. The van der Waals surface area contributed by atoms with Crippen LogP contribution in [0.2, 0.25) is 0 Å². The molecule has 98 valence electrons. The highest BCUT2D eigenvalue weighted by atomic mass is 79.9. The first-order chi connectivity index (χ1) is 7.77. The van der Waals surface area contributed by atoms with Gasteiger partial charge in [-0.3, -0.25) is 4.79 Å². The summed E-state index contributed by atoms with van der Waals surface area (Å²) in [6.45, 7) is 5.75. The molecular formula is C12H17Br2ClO2.